The molecule has 0 bridgehead atoms. The lowest BCUT2D eigenvalue weighted by Gasteiger charge is -2.19. The summed E-state index contributed by atoms with van der Waals surface area (Å²) in [6, 6.07) is 6.85. The lowest BCUT2D eigenvalue weighted by molar-refractivity contribution is -0.120. The van der Waals surface area contributed by atoms with Crippen molar-refractivity contribution in [2.24, 2.45) is 5.92 Å². The zero-order valence-corrected chi connectivity index (χ0v) is 11.8. The first kappa shape index (κ1) is 14.6. The number of carbonyl (C=O) groups is 1. The lowest BCUT2D eigenvalue weighted by Crippen LogP contribution is -2.30. The molecule has 2 rings (SSSR count). The highest BCUT2D eigenvalue weighted by Crippen LogP contribution is 2.25. The van der Waals surface area contributed by atoms with Gasteiger partial charge in [0.25, 0.3) is 0 Å². The van der Waals surface area contributed by atoms with Gasteiger partial charge in [-0.2, -0.15) is 0 Å². The van der Waals surface area contributed by atoms with Crippen LogP contribution in [-0.4, -0.2) is 25.5 Å². The molecule has 1 unspecified atom stereocenters. The molecule has 4 heteroatoms. The van der Waals surface area contributed by atoms with Gasteiger partial charge >= 0.3 is 0 Å². The molecule has 1 amide bonds. The molecule has 0 spiro atoms. The van der Waals surface area contributed by atoms with Gasteiger partial charge in [-0.05, 0) is 31.4 Å². The number of carbonyl (C=O) groups excluding carboxylic acids is 1. The second-order valence-electron chi connectivity index (χ2n) is 5.13. The Hall–Kier alpha value is -1.84. The molecule has 1 atom stereocenters. The zero-order chi connectivity index (χ0) is 14.4. The number of hydrogen-bond acceptors (Lipinski definition) is 2. The Labute approximate surface area is 119 Å². The molecule has 1 aliphatic rings. The maximum atomic E-state index is 13.7. The summed E-state index contributed by atoms with van der Waals surface area (Å²) in [6.45, 7) is 4.21. The number of amides is 1. The maximum absolute atomic E-state index is 13.7. The molecular weight excluding hydrogens is 255 g/mol. The third-order valence-electron chi connectivity index (χ3n) is 3.61. The lowest BCUT2D eigenvalue weighted by atomic mass is 10.1. The number of hydrogen-bond donors (Lipinski definition) is 1. The highest BCUT2D eigenvalue weighted by atomic mass is 19.1. The molecule has 0 radical (unpaired) electrons. The predicted octanol–water partition coefficient (Wildman–Crippen LogP) is 2.73. The van der Waals surface area contributed by atoms with E-state index in [2.05, 4.69) is 10.2 Å². The molecule has 3 nitrogen and oxygen atoms in total. The summed E-state index contributed by atoms with van der Waals surface area (Å²) in [7, 11) is 0. The second-order valence-corrected chi connectivity index (χ2v) is 5.13. The first-order chi connectivity index (χ1) is 9.70. The zero-order valence-electron chi connectivity index (χ0n) is 11.8. The second kappa shape index (κ2) is 7.08. The first-order valence-electron chi connectivity index (χ1n) is 7.08. The molecule has 1 fully saturated rings. The Bertz CT molecular complexity index is 487. The quantitative estimate of drug-likeness (QED) is 0.839. The van der Waals surface area contributed by atoms with E-state index in [1.54, 1.807) is 6.07 Å². The summed E-state index contributed by atoms with van der Waals surface area (Å²) < 4.78 is 13.7. The fraction of sp³-hybridized carbons (Fsp3) is 0.438. The third kappa shape index (κ3) is 3.83. The van der Waals surface area contributed by atoms with Gasteiger partial charge in [0.05, 0.1) is 5.69 Å². The molecule has 0 aliphatic carbocycles. The average molecular weight is 276 g/mol. The van der Waals surface area contributed by atoms with Gasteiger partial charge in [-0.1, -0.05) is 24.3 Å². The molecule has 1 aromatic carbocycles. The summed E-state index contributed by atoms with van der Waals surface area (Å²) in [4.78, 5) is 13.6. The molecule has 1 saturated heterocycles. The highest BCUT2D eigenvalue weighted by Gasteiger charge is 2.24. The Morgan fingerprint density at radius 2 is 2.30 bits per heavy atom. The van der Waals surface area contributed by atoms with Crippen molar-refractivity contribution >= 4 is 11.6 Å². The minimum Gasteiger partial charge on any atom is -0.369 e. The van der Waals surface area contributed by atoms with Crippen LogP contribution in [0.4, 0.5) is 10.1 Å². The minimum atomic E-state index is -0.176. The summed E-state index contributed by atoms with van der Waals surface area (Å²) in [5, 5.41) is 2.94. The van der Waals surface area contributed by atoms with Crippen molar-refractivity contribution in [1.82, 2.24) is 5.32 Å². The van der Waals surface area contributed by atoms with Gasteiger partial charge in [0.1, 0.15) is 5.82 Å². The Balaban J connectivity index is 1.81. The van der Waals surface area contributed by atoms with Crippen molar-refractivity contribution in [2.75, 3.05) is 24.5 Å². The van der Waals surface area contributed by atoms with Crippen LogP contribution in [0, 0.1) is 11.7 Å². The normalized spacial score (nSPS) is 18.7. The van der Waals surface area contributed by atoms with E-state index in [1.807, 2.05) is 31.2 Å². The minimum absolute atomic E-state index is 0.0486. The molecule has 108 valence electrons. The van der Waals surface area contributed by atoms with Gasteiger partial charge in [0.15, 0.2) is 0 Å². The topological polar surface area (TPSA) is 32.3 Å². The Kier molecular flexibility index (Phi) is 5.16. The first-order valence-corrected chi connectivity index (χ1v) is 7.08. The molecule has 1 heterocycles. The van der Waals surface area contributed by atoms with E-state index in [9.17, 15) is 9.18 Å². The van der Waals surface area contributed by atoms with Gasteiger partial charge < -0.3 is 10.2 Å². The van der Waals surface area contributed by atoms with Crippen LogP contribution >= 0.6 is 0 Å². The van der Waals surface area contributed by atoms with E-state index < -0.39 is 0 Å². The molecule has 1 aromatic rings. The standard InChI is InChI=1S/C16H21FN2O/c1-2-3-8-16(20)18-11-13-9-10-19(12-13)15-7-5-4-6-14(15)17/h2-7,13H,8-12H2,1H3,(H,18,20)/b3-2+. The van der Waals surface area contributed by atoms with Crippen LogP contribution in [0.3, 0.4) is 0 Å². The van der Waals surface area contributed by atoms with E-state index in [1.165, 1.54) is 6.07 Å². The predicted molar refractivity (Wildman–Crippen MR) is 79.2 cm³/mol. The number of para-hydroxylation sites is 1. The molecule has 0 aromatic heterocycles. The van der Waals surface area contributed by atoms with Crippen LogP contribution in [0.5, 0.6) is 0 Å². The van der Waals surface area contributed by atoms with E-state index in [0.29, 0.717) is 24.6 Å². The SMILES string of the molecule is C/C=C/CC(=O)NCC1CCN(c2ccccc2F)C1. The van der Waals surface area contributed by atoms with Crippen molar-refractivity contribution in [3.8, 4) is 0 Å². The van der Waals surface area contributed by atoms with Crippen LogP contribution in [0.2, 0.25) is 0 Å². The Morgan fingerprint density at radius 3 is 3.05 bits per heavy atom. The fourth-order valence-corrected chi connectivity index (χ4v) is 2.48. The van der Waals surface area contributed by atoms with Crippen molar-refractivity contribution in [2.45, 2.75) is 19.8 Å². The number of rotatable bonds is 5. The van der Waals surface area contributed by atoms with Crippen molar-refractivity contribution in [3.63, 3.8) is 0 Å². The van der Waals surface area contributed by atoms with E-state index in [-0.39, 0.29) is 11.7 Å². The van der Waals surface area contributed by atoms with Crippen molar-refractivity contribution in [1.29, 1.82) is 0 Å². The smallest absolute Gasteiger partial charge is 0.223 e. The summed E-state index contributed by atoms with van der Waals surface area (Å²) >= 11 is 0. The summed E-state index contributed by atoms with van der Waals surface area (Å²) in [5.74, 6) is 0.266. The van der Waals surface area contributed by atoms with Crippen LogP contribution in [-0.2, 0) is 4.79 Å². The molecule has 0 saturated carbocycles. The molecule has 1 N–H and O–H groups in total. The van der Waals surface area contributed by atoms with Gasteiger partial charge in [-0.15, -0.1) is 0 Å². The number of nitrogens with zero attached hydrogens (tertiary/aromatic N) is 1. The number of nitrogens with one attached hydrogen (secondary N) is 1. The van der Waals surface area contributed by atoms with Gasteiger partial charge in [-0.3, -0.25) is 4.79 Å². The Morgan fingerprint density at radius 1 is 1.50 bits per heavy atom. The maximum Gasteiger partial charge on any atom is 0.223 e. The van der Waals surface area contributed by atoms with E-state index >= 15 is 0 Å². The summed E-state index contributed by atoms with van der Waals surface area (Å²) in [6.07, 6.45) is 5.13. The monoisotopic (exact) mass is 276 g/mol. The van der Waals surface area contributed by atoms with Gasteiger partial charge in [0.2, 0.25) is 5.91 Å². The summed E-state index contributed by atoms with van der Waals surface area (Å²) in [5.41, 5.74) is 0.662. The van der Waals surface area contributed by atoms with Crippen LogP contribution in [0.1, 0.15) is 19.8 Å². The number of allylic oxidation sites excluding steroid dienone is 1. The van der Waals surface area contributed by atoms with Gasteiger partial charge in [-0.25, -0.2) is 4.39 Å². The number of anilines is 1. The van der Waals surface area contributed by atoms with Crippen LogP contribution in [0.25, 0.3) is 0 Å². The molecule has 20 heavy (non-hydrogen) atoms. The van der Waals surface area contributed by atoms with E-state index in [4.69, 9.17) is 0 Å². The number of halogens is 1. The molecular formula is C16H21FN2O. The van der Waals surface area contributed by atoms with Crippen molar-refractivity contribution < 1.29 is 9.18 Å². The number of benzene rings is 1. The third-order valence-corrected chi connectivity index (χ3v) is 3.61. The van der Waals surface area contributed by atoms with Gasteiger partial charge in [0, 0.05) is 26.1 Å². The van der Waals surface area contributed by atoms with E-state index in [0.717, 1.165) is 19.5 Å². The fourth-order valence-electron chi connectivity index (χ4n) is 2.48. The largest absolute Gasteiger partial charge is 0.369 e. The van der Waals surface area contributed by atoms with Crippen LogP contribution in [0.15, 0.2) is 36.4 Å². The van der Waals surface area contributed by atoms with Crippen molar-refractivity contribution in [3.05, 3.63) is 42.2 Å². The van der Waals surface area contributed by atoms with Crippen LogP contribution < -0.4 is 10.2 Å². The average Bonchev–Trinajstić information content (AvgIpc) is 2.92. The molecule has 1 aliphatic heterocycles. The highest BCUT2D eigenvalue weighted by molar-refractivity contribution is 5.77.